The number of phenols is 1. The molecule has 0 aliphatic rings. The molecule has 0 unspecified atom stereocenters. The molecule has 5 heteroatoms. The van der Waals surface area contributed by atoms with Crippen LogP contribution in [0.5, 0.6) is 5.75 Å². The van der Waals surface area contributed by atoms with Crippen LogP contribution >= 0.6 is 0 Å². The number of rotatable bonds is 3. The Balaban J connectivity index is 2.05. The number of phenolic OH excluding ortho intramolecular Hbond substituents is 1. The molecule has 2 aromatic carbocycles. The summed E-state index contributed by atoms with van der Waals surface area (Å²) in [6.45, 7) is 4.25. The summed E-state index contributed by atoms with van der Waals surface area (Å²) in [6.07, 6.45) is 0. The highest BCUT2D eigenvalue weighted by molar-refractivity contribution is 5.92. The zero-order valence-corrected chi connectivity index (χ0v) is 12.0. The molecule has 0 aliphatic carbocycles. The van der Waals surface area contributed by atoms with Gasteiger partial charge in [0.1, 0.15) is 0 Å². The van der Waals surface area contributed by atoms with E-state index in [9.17, 15) is 4.39 Å². The van der Waals surface area contributed by atoms with Crippen LogP contribution in [0.15, 0.2) is 41.4 Å². The molecule has 0 aliphatic heterocycles. The van der Waals surface area contributed by atoms with Gasteiger partial charge < -0.3 is 16.2 Å². The first-order valence-electron chi connectivity index (χ1n) is 6.56. The molecule has 110 valence electrons. The van der Waals surface area contributed by atoms with Gasteiger partial charge >= 0.3 is 0 Å². The molecular weight excluding hydrogens is 269 g/mol. The van der Waals surface area contributed by atoms with Gasteiger partial charge in [0.15, 0.2) is 17.5 Å². The van der Waals surface area contributed by atoms with Gasteiger partial charge in [0.05, 0.1) is 6.54 Å². The number of aryl methyl sites for hydroxylation is 2. The molecule has 0 saturated carbocycles. The van der Waals surface area contributed by atoms with Crippen LogP contribution in [0.2, 0.25) is 0 Å². The quantitative estimate of drug-likeness (QED) is 0.600. The highest BCUT2D eigenvalue weighted by Crippen LogP contribution is 2.17. The molecule has 0 amide bonds. The average Bonchev–Trinajstić information content (AvgIpc) is 2.39. The van der Waals surface area contributed by atoms with Gasteiger partial charge in [-0.1, -0.05) is 12.1 Å². The van der Waals surface area contributed by atoms with Crippen molar-refractivity contribution in [2.24, 2.45) is 10.7 Å². The maximum atomic E-state index is 13.2. The number of halogens is 1. The first-order valence-corrected chi connectivity index (χ1v) is 6.56. The van der Waals surface area contributed by atoms with Crippen molar-refractivity contribution < 1.29 is 9.50 Å². The molecule has 4 nitrogen and oxygen atoms in total. The van der Waals surface area contributed by atoms with Crippen molar-refractivity contribution in [2.75, 3.05) is 5.32 Å². The molecule has 0 aromatic heterocycles. The van der Waals surface area contributed by atoms with Crippen LogP contribution in [0.3, 0.4) is 0 Å². The molecule has 2 aromatic rings. The second kappa shape index (κ2) is 6.26. The van der Waals surface area contributed by atoms with E-state index in [0.717, 1.165) is 16.8 Å². The fraction of sp³-hybridized carbons (Fsp3) is 0.188. The van der Waals surface area contributed by atoms with Crippen molar-refractivity contribution in [1.29, 1.82) is 0 Å². The lowest BCUT2D eigenvalue weighted by atomic mass is 10.1. The van der Waals surface area contributed by atoms with Crippen LogP contribution in [0.25, 0.3) is 0 Å². The van der Waals surface area contributed by atoms with Gasteiger partial charge in [-0.3, -0.25) is 0 Å². The second-order valence-electron chi connectivity index (χ2n) is 4.99. The Bertz CT molecular complexity index is 663. The molecule has 4 N–H and O–H groups in total. The molecular formula is C16H18FN3O. The smallest absolute Gasteiger partial charge is 0.193 e. The third-order valence-corrected chi connectivity index (χ3v) is 2.94. The van der Waals surface area contributed by atoms with Crippen LogP contribution in [0, 0.1) is 19.7 Å². The van der Waals surface area contributed by atoms with Crippen molar-refractivity contribution in [1.82, 2.24) is 0 Å². The van der Waals surface area contributed by atoms with Crippen molar-refractivity contribution in [3.05, 3.63) is 58.9 Å². The van der Waals surface area contributed by atoms with Crippen LogP contribution in [-0.2, 0) is 6.54 Å². The van der Waals surface area contributed by atoms with Crippen LogP contribution in [0.1, 0.15) is 16.7 Å². The third kappa shape index (κ3) is 4.21. The molecule has 0 atom stereocenters. The number of aliphatic imine (C=N–C) groups is 1. The van der Waals surface area contributed by atoms with E-state index in [4.69, 9.17) is 10.8 Å². The average molecular weight is 287 g/mol. The fourth-order valence-corrected chi connectivity index (χ4v) is 2.06. The van der Waals surface area contributed by atoms with Crippen molar-refractivity contribution in [3.63, 3.8) is 0 Å². The number of nitrogens with two attached hydrogens (primary N) is 1. The number of benzene rings is 2. The summed E-state index contributed by atoms with van der Waals surface area (Å²) in [5.74, 6) is -0.777. The molecule has 2 rings (SSSR count). The van der Waals surface area contributed by atoms with Gasteiger partial charge in [-0.05, 0) is 54.8 Å². The molecule has 0 bridgehead atoms. The Kier molecular flexibility index (Phi) is 4.42. The molecule has 0 radical (unpaired) electrons. The van der Waals surface area contributed by atoms with Gasteiger partial charge in [0.25, 0.3) is 0 Å². The van der Waals surface area contributed by atoms with E-state index in [1.165, 1.54) is 12.1 Å². The summed E-state index contributed by atoms with van der Waals surface area (Å²) in [5.41, 5.74) is 9.58. The van der Waals surface area contributed by atoms with E-state index in [0.29, 0.717) is 5.56 Å². The molecule has 0 spiro atoms. The lowest BCUT2D eigenvalue weighted by molar-refractivity contribution is 0.432. The van der Waals surface area contributed by atoms with Crippen LogP contribution < -0.4 is 11.1 Å². The Morgan fingerprint density at radius 1 is 1.19 bits per heavy atom. The number of hydrogen-bond acceptors (Lipinski definition) is 2. The van der Waals surface area contributed by atoms with Crippen molar-refractivity contribution in [2.45, 2.75) is 20.4 Å². The maximum Gasteiger partial charge on any atom is 0.193 e. The Morgan fingerprint density at radius 3 is 2.48 bits per heavy atom. The minimum atomic E-state index is -0.663. The second-order valence-corrected chi connectivity index (χ2v) is 4.99. The SMILES string of the molecule is Cc1cc(C)cc(NC(N)=NCc2ccc(O)c(F)c2)c1. The predicted molar refractivity (Wildman–Crippen MR) is 82.9 cm³/mol. The monoisotopic (exact) mass is 287 g/mol. The standard InChI is InChI=1S/C16H18FN3O/c1-10-5-11(2)7-13(6-10)20-16(18)19-9-12-3-4-15(21)14(17)8-12/h3-8,21H,9H2,1-2H3,(H3,18,19,20). The number of hydrogen-bond donors (Lipinski definition) is 3. The Morgan fingerprint density at radius 2 is 1.86 bits per heavy atom. The van der Waals surface area contributed by atoms with Gasteiger partial charge in [-0.15, -0.1) is 0 Å². The van der Waals surface area contributed by atoms with Crippen molar-refractivity contribution in [3.8, 4) is 5.75 Å². The van der Waals surface area contributed by atoms with E-state index in [1.807, 2.05) is 26.0 Å². The zero-order valence-electron chi connectivity index (χ0n) is 12.0. The fourth-order valence-electron chi connectivity index (χ4n) is 2.06. The summed E-state index contributed by atoms with van der Waals surface area (Å²) in [6, 6.07) is 10.1. The minimum Gasteiger partial charge on any atom is -0.505 e. The topological polar surface area (TPSA) is 70.6 Å². The van der Waals surface area contributed by atoms with Gasteiger partial charge in [-0.2, -0.15) is 0 Å². The molecule has 0 fully saturated rings. The molecule has 21 heavy (non-hydrogen) atoms. The third-order valence-electron chi connectivity index (χ3n) is 2.94. The summed E-state index contributed by atoms with van der Waals surface area (Å²) < 4.78 is 13.2. The number of anilines is 1. The van der Waals surface area contributed by atoms with Crippen molar-refractivity contribution >= 4 is 11.6 Å². The van der Waals surface area contributed by atoms with Gasteiger partial charge in [0.2, 0.25) is 0 Å². The highest BCUT2D eigenvalue weighted by Gasteiger charge is 2.02. The highest BCUT2D eigenvalue weighted by atomic mass is 19.1. The lowest BCUT2D eigenvalue weighted by Gasteiger charge is -2.08. The summed E-state index contributed by atoms with van der Waals surface area (Å²) in [7, 11) is 0. The molecule has 0 saturated heterocycles. The number of guanidine groups is 1. The normalized spacial score (nSPS) is 11.5. The lowest BCUT2D eigenvalue weighted by Crippen LogP contribution is -2.22. The minimum absolute atomic E-state index is 0.237. The maximum absolute atomic E-state index is 13.2. The van der Waals surface area contributed by atoms with E-state index in [1.54, 1.807) is 6.07 Å². The summed E-state index contributed by atoms with van der Waals surface area (Å²) in [5, 5.41) is 12.1. The summed E-state index contributed by atoms with van der Waals surface area (Å²) in [4.78, 5) is 4.15. The number of nitrogens with one attached hydrogen (secondary N) is 1. The molecule has 0 heterocycles. The van der Waals surface area contributed by atoms with Crippen LogP contribution in [0.4, 0.5) is 10.1 Å². The van der Waals surface area contributed by atoms with Gasteiger partial charge in [-0.25, -0.2) is 9.38 Å². The van der Waals surface area contributed by atoms with E-state index in [2.05, 4.69) is 16.4 Å². The summed E-state index contributed by atoms with van der Waals surface area (Å²) >= 11 is 0. The van der Waals surface area contributed by atoms with E-state index >= 15 is 0 Å². The van der Waals surface area contributed by atoms with Gasteiger partial charge in [0, 0.05) is 5.69 Å². The largest absolute Gasteiger partial charge is 0.505 e. The van der Waals surface area contributed by atoms with E-state index < -0.39 is 5.82 Å². The number of nitrogens with zero attached hydrogens (tertiary/aromatic N) is 1. The first-order chi connectivity index (χ1) is 9.94. The van der Waals surface area contributed by atoms with E-state index in [-0.39, 0.29) is 18.3 Å². The predicted octanol–water partition coefficient (Wildman–Crippen LogP) is 3.07. The zero-order chi connectivity index (χ0) is 15.4. The Hall–Kier alpha value is -2.56. The first kappa shape index (κ1) is 14.8. The Labute approximate surface area is 123 Å². The number of aromatic hydroxyl groups is 1. The van der Waals surface area contributed by atoms with Crippen LogP contribution in [-0.4, -0.2) is 11.1 Å².